The Morgan fingerprint density at radius 2 is 2.00 bits per heavy atom. The summed E-state index contributed by atoms with van der Waals surface area (Å²) in [7, 11) is 0. The molecule has 0 aliphatic carbocycles. The number of nitrogens with two attached hydrogens (primary N) is 1. The van der Waals surface area contributed by atoms with Gasteiger partial charge in [-0.05, 0) is 24.1 Å². The first-order valence-electron chi connectivity index (χ1n) is 4.83. The number of hydrogen-bond donors (Lipinski definition) is 2. The molecule has 0 amide bonds. The second kappa shape index (κ2) is 6.03. The van der Waals surface area contributed by atoms with E-state index < -0.39 is 0 Å². The monoisotopic (exact) mass is 209 g/mol. The molecule has 3 N–H and O–H groups in total. The molecule has 0 atom stereocenters. The third-order valence-electron chi connectivity index (χ3n) is 1.95. The number of aliphatic hydroxyl groups is 1. The summed E-state index contributed by atoms with van der Waals surface area (Å²) in [6.45, 7) is -0.0613. The van der Waals surface area contributed by atoms with Gasteiger partial charge < -0.3 is 15.6 Å². The highest BCUT2D eigenvalue weighted by molar-refractivity contribution is 5.69. The summed E-state index contributed by atoms with van der Waals surface area (Å²) in [5.41, 5.74) is 7.29. The summed E-state index contributed by atoms with van der Waals surface area (Å²) in [5.74, 6) is -0.291. The van der Waals surface area contributed by atoms with Crippen LogP contribution in [-0.2, 0) is 16.0 Å². The van der Waals surface area contributed by atoms with E-state index in [0.29, 0.717) is 18.5 Å². The molecule has 0 aliphatic rings. The van der Waals surface area contributed by atoms with Crippen LogP contribution in [0.1, 0.15) is 12.0 Å². The van der Waals surface area contributed by atoms with E-state index in [0.717, 1.165) is 5.56 Å². The standard InChI is InChI=1S/C11H15NO3/c12-10-4-1-9(2-5-10)3-6-11(14)15-8-7-13/h1-2,4-5,13H,3,6-8,12H2. The minimum absolute atomic E-state index is 0.0700. The molecular formula is C11H15NO3. The Balaban J connectivity index is 2.30. The molecule has 4 heteroatoms. The number of aryl methyl sites for hydroxylation is 1. The van der Waals surface area contributed by atoms with Gasteiger partial charge in [0.2, 0.25) is 0 Å². The van der Waals surface area contributed by atoms with E-state index in [1.807, 2.05) is 12.1 Å². The van der Waals surface area contributed by atoms with Crippen molar-refractivity contribution in [2.24, 2.45) is 0 Å². The van der Waals surface area contributed by atoms with E-state index in [1.54, 1.807) is 12.1 Å². The first kappa shape index (κ1) is 11.5. The van der Waals surface area contributed by atoms with Crippen LogP contribution in [0.5, 0.6) is 0 Å². The average molecular weight is 209 g/mol. The van der Waals surface area contributed by atoms with Crippen molar-refractivity contribution in [3.8, 4) is 0 Å². The Hall–Kier alpha value is -1.55. The van der Waals surface area contributed by atoms with Crippen LogP contribution in [0.15, 0.2) is 24.3 Å². The van der Waals surface area contributed by atoms with Gasteiger partial charge in [-0.15, -0.1) is 0 Å². The van der Waals surface area contributed by atoms with E-state index in [9.17, 15) is 4.79 Å². The molecule has 4 nitrogen and oxygen atoms in total. The van der Waals surface area contributed by atoms with Crippen LogP contribution in [0.3, 0.4) is 0 Å². The molecule has 15 heavy (non-hydrogen) atoms. The summed E-state index contributed by atoms with van der Waals surface area (Å²) in [6, 6.07) is 7.37. The van der Waals surface area contributed by atoms with Crippen molar-refractivity contribution in [1.82, 2.24) is 0 Å². The van der Waals surface area contributed by atoms with Crippen LogP contribution in [0.25, 0.3) is 0 Å². The minimum Gasteiger partial charge on any atom is -0.463 e. The summed E-state index contributed by atoms with van der Waals surface area (Å²) in [4.78, 5) is 11.1. The van der Waals surface area contributed by atoms with Crippen LogP contribution in [-0.4, -0.2) is 24.3 Å². The van der Waals surface area contributed by atoms with Crippen LogP contribution in [0.4, 0.5) is 5.69 Å². The zero-order valence-electron chi connectivity index (χ0n) is 8.48. The number of carbonyl (C=O) groups excluding carboxylic acids is 1. The second-order valence-corrected chi connectivity index (χ2v) is 3.19. The highest BCUT2D eigenvalue weighted by Gasteiger charge is 2.02. The van der Waals surface area contributed by atoms with E-state index >= 15 is 0 Å². The number of rotatable bonds is 5. The summed E-state index contributed by atoms with van der Waals surface area (Å²) in [6.07, 6.45) is 0.953. The predicted octanol–water partition coefficient (Wildman–Crippen LogP) is 0.737. The van der Waals surface area contributed by atoms with Gasteiger partial charge in [0.05, 0.1) is 6.61 Å². The molecule has 0 fully saturated rings. The maximum Gasteiger partial charge on any atom is 0.306 e. The summed E-state index contributed by atoms with van der Waals surface area (Å²) >= 11 is 0. The largest absolute Gasteiger partial charge is 0.463 e. The second-order valence-electron chi connectivity index (χ2n) is 3.19. The number of hydrogen-bond acceptors (Lipinski definition) is 4. The lowest BCUT2D eigenvalue weighted by molar-refractivity contribution is -0.144. The number of carbonyl (C=O) groups is 1. The quantitative estimate of drug-likeness (QED) is 0.554. The van der Waals surface area contributed by atoms with Gasteiger partial charge in [0.25, 0.3) is 0 Å². The Morgan fingerprint density at radius 1 is 1.33 bits per heavy atom. The topological polar surface area (TPSA) is 72.6 Å². The fourth-order valence-electron chi connectivity index (χ4n) is 1.16. The Morgan fingerprint density at radius 3 is 2.60 bits per heavy atom. The minimum atomic E-state index is -0.291. The van der Waals surface area contributed by atoms with Gasteiger partial charge in [-0.1, -0.05) is 12.1 Å². The lowest BCUT2D eigenvalue weighted by Gasteiger charge is -2.03. The van der Waals surface area contributed by atoms with E-state index in [-0.39, 0.29) is 19.2 Å². The number of anilines is 1. The van der Waals surface area contributed by atoms with E-state index in [1.165, 1.54) is 0 Å². The van der Waals surface area contributed by atoms with Crippen molar-refractivity contribution < 1.29 is 14.6 Å². The van der Waals surface area contributed by atoms with Crippen LogP contribution < -0.4 is 5.73 Å². The highest BCUT2D eigenvalue weighted by atomic mass is 16.5. The number of benzene rings is 1. The molecule has 0 aromatic heterocycles. The molecular weight excluding hydrogens is 194 g/mol. The molecule has 0 heterocycles. The molecule has 1 aromatic carbocycles. The molecule has 1 aromatic rings. The van der Waals surface area contributed by atoms with Crippen molar-refractivity contribution in [3.63, 3.8) is 0 Å². The SMILES string of the molecule is Nc1ccc(CCC(=O)OCCO)cc1. The van der Waals surface area contributed by atoms with E-state index in [4.69, 9.17) is 15.6 Å². The number of esters is 1. The van der Waals surface area contributed by atoms with Gasteiger partial charge in [0.1, 0.15) is 6.61 Å². The number of ether oxygens (including phenoxy) is 1. The van der Waals surface area contributed by atoms with E-state index in [2.05, 4.69) is 0 Å². The van der Waals surface area contributed by atoms with Gasteiger partial charge in [-0.3, -0.25) is 4.79 Å². The third-order valence-corrected chi connectivity index (χ3v) is 1.95. The van der Waals surface area contributed by atoms with Gasteiger partial charge >= 0.3 is 5.97 Å². The fraction of sp³-hybridized carbons (Fsp3) is 0.364. The first-order chi connectivity index (χ1) is 7.22. The van der Waals surface area contributed by atoms with Crippen molar-refractivity contribution in [2.45, 2.75) is 12.8 Å². The van der Waals surface area contributed by atoms with Crippen molar-refractivity contribution in [3.05, 3.63) is 29.8 Å². The fourth-order valence-corrected chi connectivity index (χ4v) is 1.16. The molecule has 0 saturated heterocycles. The number of nitrogen functional groups attached to an aromatic ring is 1. The Bertz CT molecular complexity index is 308. The average Bonchev–Trinajstić information content (AvgIpc) is 2.25. The van der Waals surface area contributed by atoms with Crippen molar-refractivity contribution in [2.75, 3.05) is 18.9 Å². The Kier molecular flexibility index (Phi) is 4.63. The maximum absolute atomic E-state index is 11.1. The summed E-state index contributed by atoms with van der Waals surface area (Å²) < 4.78 is 4.72. The molecule has 0 bridgehead atoms. The molecule has 0 aliphatic heterocycles. The van der Waals surface area contributed by atoms with Crippen molar-refractivity contribution in [1.29, 1.82) is 0 Å². The number of aliphatic hydroxyl groups excluding tert-OH is 1. The van der Waals surface area contributed by atoms with Gasteiger partial charge in [-0.25, -0.2) is 0 Å². The van der Waals surface area contributed by atoms with Gasteiger partial charge in [0.15, 0.2) is 0 Å². The normalized spacial score (nSPS) is 9.93. The molecule has 1 rings (SSSR count). The first-order valence-corrected chi connectivity index (χ1v) is 4.83. The third kappa shape index (κ3) is 4.46. The van der Waals surface area contributed by atoms with Crippen molar-refractivity contribution >= 4 is 11.7 Å². The lowest BCUT2D eigenvalue weighted by atomic mass is 10.1. The summed E-state index contributed by atoms with van der Waals surface area (Å²) in [5, 5.41) is 8.44. The van der Waals surface area contributed by atoms with Gasteiger partial charge in [-0.2, -0.15) is 0 Å². The Labute approximate surface area is 88.7 Å². The van der Waals surface area contributed by atoms with Crippen LogP contribution in [0, 0.1) is 0 Å². The molecule has 82 valence electrons. The zero-order valence-corrected chi connectivity index (χ0v) is 8.48. The lowest BCUT2D eigenvalue weighted by Crippen LogP contribution is -2.09. The maximum atomic E-state index is 11.1. The molecule has 0 unspecified atom stereocenters. The molecule has 0 spiro atoms. The van der Waals surface area contributed by atoms with Crippen LogP contribution >= 0.6 is 0 Å². The molecule has 0 radical (unpaired) electrons. The predicted molar refractivity (Wildman–Crippen MR) is 57.2 cm³/mol. The van der Waals surface area contributed by atoms with Gasteiger partial charge in [0, 0.05) is 12.1 Å². The highest BCUT2D eigenvalue weighted by Crippen LogP contribution is 2.07. The smallest absolute Gasteiger partial charge is 0.306 e. The zero-order chi connectivity index (χ0) is 11.1. The molecule has 0 saturated carbocycles. The van der Waals surface area contributed by atoms with Crippen LogP contribution in [0.2, 0.25) is 0 Å².